The SMILES string of the molecule is CC(C)C(=NNC(N)=S)C(C)C. The van der Waals surface area contributed by atoms with Gasteiger partial charge < -0.3 is 5.73 Å². The Kier molecular flexibility index (Phi) is 4.81. The van der Waals surface area contributed by atoms with E-state index in [1.807, 2.05) is 0 Å². The minimum absolute atomic E-state index is 0.216. The molecule has 0 aliphatic heterocycles. The number of nitrogens with two attached hydrogens (primary N) is 1. The van der Waals surface area contributed by atoms with Crippen molar-refractivity contribution in [3.63, 3.8) is 0 Å². The van der Waals surface area contributed by atoms with E-state index in [1.54, 1.807) is 0 Å². The molecule has 0 atom stereocenters. The fraction of sp³-hybridized carbons (Fsp3) is 0.750. The average Bonchev–Trinajstić information content (AvgIpc) is 1.84. The van der Waals surface area contributed by atoms with Crippen molar-refractivity contribution < 1.29 is 0 Å². The number of rotatable bonds is 3. The third-order valence-electron chi connectivity index (χ3n) is 1.48. The molecule has 0 aromatic rings. The molecule has 0 amide bonds. The molecule has 0 aromatic carbocycles. The van der Waals surface area contributed by atoms with Crippen LogP contribution in [0, 0.1) is 11.8 Å². The lowest BCUT2D eigenvalue weighted by molar-refractivity contribution is 0.747. The van der Waals surface area contributed by atoms with Crippen LogP contribution in [0.2, 0.25) is 0 Å². The van der Waals surface area contributed by atoms with E-state index in [0.717, 1.165) is 5.71 Å². The normalized spacial score (nSPS) is 10.2. The van der Waals surface area contributed by atoms with Crippen LogP contribution in [-0.4, -0.2) is 10.8 Å². The van der Waals surface area contributed by atoms with Gasteiger partial charge in [0.2, 0.25) is 0 Å². The van der Waals surface area contributed by atoms with E-state index in [0.29, 0.717) is 11.8 Å². The van der Waals surface area contributed by atoms with Gasteiger partial charge in [-0.25, -0.2) is 0 Å². The van der Waals surface area contributed by atoms with Crippen molar-refractivity contribution in [1.29, 1.82) is 0 Å². The van der Waals surface area contributed by atoms with Gasteiger partial charge in [-0.05, 0) is 24.1 Å². The van der Waals surface area contributed by atoms with Gasteiger partial charge in [0.05, 0.1) is 0 Å². The Morgan fingerprint density at radius 1 is 1.25 bits per heavy atom. The average molecular weight is 187 g/mol. The molecule has 3 N–H and O–H groups in total. The van der Waals surface area contributed by atoms with E-state index >= 15 is 0 Å². The molecular formula is C8H17N3S. The lowest BCUT2D eigenvalue weighted by Gasteiger charge is -2.13. The molecule has 0 radical (unpaired) electrons. The molecule has 0 heterocycles. The van der Waals surface area contributed by atoms with Gasteiger partial charge >= 0.3 is 0 Å². The Morgan fingerprint density at radius 2 is 1.67 bits per heavy atom. The lowest BCUT2D eigenvalue weighted by Crippen LogP contribution is -2.28. The van der Waals surface area contributed by atoms with E-state index in [1.165, 1.54) is 0 Å². The molecule has 0 aromatic heterocycles. The number of nitrogens with zero attached hydrogens (tertiary/aromatic N) is 1. The van der Waals surface area contributed by atoms with Crippen molar-refractivity contribution in [2.75, 3.05) is 0 Å². The van der Waals surface area contributed by atoms with Gasteiger partial charge in [-0.2, -0.15) is 5.10 Å². The molecule has 0 saturated heterocycles. The summed E-state index contributed by atoms with van der Waals surface area (Å²) in [5.41, 5.74) is 8.95. The van der Waals surface area contributed by atoms with Gasteiger partial charge in [0, 0.05) is 5.71 Å². The van der Waals surface area contributed by atoms with E-state index in [9.17, 15) is 0 Å². The number of hydrazone groups is 1. The lowest BCUT2D eigenvalue weighted by atomic mass is 9.98. The minimum atomic E-state index is 0.216. The summed E-state index contributed by atoms with van der Waals surface area (Å²) in [6.07, 6.45) is 0. The van der Waals surface area contributed by atoms with Gasteiger partial charge in [0.25, 0.3) is 0 Å². The van der Waals surface area contributed by atoms with E-state index in [2.05, 4.69) is 50.4 Å². The fourth-order valence-corrected chi connectivity index (χ4v) is 1.09. The van der Waals surface area contributed by atoms with Crippen LogP contribution >= 0.6 is 12.2 Å². The van der Waals surface area contributed by atoms with Crippen LogP contribution in [0.25, 0.3) is 0 Å². The largest absolute Gasteiger partial charge is 0.375 e. The Hall–Kier alpha value is -0.640. The van der Waals surface area contributed by atoms with E-state index < -0.39 is 0 Å². The predicted octanol–water partition coefficient (Wildman–Crippen LogP) is 1.49. The summed E-state index contributed by atoms with van der Waals surface area (Å²) in [6.45, 7) is 8.39. The second-order valence-electron chi connectivity index (χ2n) is 3.32. The monoisotopic (exact) mass is 187 g/mol. The number of hydrogen-bond donors (Lipinski definition) is 2. The summed E-state index contributed by atoms with van der Waals surface area (Å²) >= 11 is 4.65. The number of thiocarbonyl (C=S) groups is 1. The third-order valence-corrected chi connectivity index (χ3v) is 1.57. The molecule has 0 aliphatic rings. The van der Waals surface area contributed by atoms with Crippen molar-refractivity contribution in [3.8, 4) is 0 Å². The first-order chi connectivity index (χ1) is 5.45. The number of hydrogen-bond acceptors (Lipinski definition) is 2. The topological polar surface area (TPSA) is 50.4 Å². The zero-order valence-corrected chi connectivity index (χ0v) is 8.90. The van der Waals surface area contributed by atoms with Crippen LogP contribution in [0.1, 0.15) is 27.7 Å². The first-order valence-corrected chi connectivity index (χ1v) is 4.49. The second kappa shape index (κ2) is 5.09. The predicted molar refractivity (Wildman–Crippen MR) is 57.0 cm³/mol. The quantitative estimate of drug-likeness (QED) is 0.400. The molecule has 0 rings (SSSR count). The minimum Gasteiger partial charge on any atom is -0.375 e. The van der Waals surface area contributed by atoms with Crippen molar-refractivity contribution in [3.05, 3.63) is 0 Å². The first kappa shape index (κ1) is 11.4. The van der Waals surface area contributed by atoms with Gasteiger partial charge in [0.15, 0.2) is 5.11 Å². The molecule has 0 bridgehead atoms. The maximum atomic E-state index is 5.25. The van der Waals surface area contributed by atoms with Crippen LogP contribution in [0.4, 0.5) is 0 Å². The van der Waals surface area contributed by atoms with Crippen molar-refractivity contribution in [1.82, 2.24) is 5.43 Å². The molecule has 3 nitrogen and oxygen atoms in total. The Labute approximate surface area is 79.4 Å². The molecule has 0 fully saturated rings. The molecule has 0 spiro atoms. The Balaban J connectivity index is 4.29. The standard InChI is InChI=1S/C8H17N3S/c1-5(2)7(6(3)4)10-11-8(9)12/h5-6H,1-4H3,(H3,9,11,12). The van der Waals surface area contributed by atoms with Crippen LogP contribution in [-0.2, 0) is 0 Å². The summed E-state index contributed by atoms with van der Waals surface area (Å²) in [5, 5.41) is 4.34. The van der Waals surface area contributed by atoms with Gasteiger partial charge in [-0.3, -0.25) is 5.43 Å². The van der Waals surface area contributed by atoms with Crippen LogP contribution in [0.5, 0.6) is 0 Å². The van der Waals surface area contributed by atoms with Crippen LogP contribution in [0.15, 0.2) is 5.10 Å². The van der Waals surface area contributed by atoms with Crippen molar-refractivity contribution >= 4 is 23.0 Å². The van der Waals surface area contributed by atoms with Gasteiger partial charge in [-0.1, -0.05) is 27.7 Å². The molecule has 12 heavy (non-hydrogen) atoms. The van der Waals surface area contributed by atoms with E-state index in [-0.39, 0.29) is 5.11 Å². The zero-order valence-electron chi connectivity index (χ0n) is 8.09. The zero-order chi connectivity index (χ0) is 9.72. The molecule has 4 heteroatoms. The van der Waals surface area contributed by atoms with Crippen molar-refractivity contribution in [2.45, 2.75) is 27.7 Å². The van der Waals surface area contributed by atoms with E-state index in [4.69, 9.17) is 5.73 Å². The summed E-state index contributed by atoms with van der Waals surface area (Å²) < 4.78 is 0. The smallest absolute Gasteiger partial charge is 0.184 e. The number of nitrogens with one attached hydrogen (secondary N) is 1. The highest BCUT2D eigenvalue weighted by Gasteiger charge is 2.09. The van der Waals surface area contributed by atoms with Crippen LogP contribution < -0.4 is 11.2 Å². The third kappa shape index (κ3) is 4.28. The van der Waals surface area contributed by atoms with Gasteiger partial charge in [0.1, 0.15) is 0 Å². The summed E-state index contributed by atoms with van der Waals surface area (Å²) in [5.74, 6) is 0.846. The molecule has 0 unspecified atom stereocenters. The molecule has 0 saturated carbocycles. The highest BCUT2D eigenvalue weighted by molar-refractivity contribution is 7.80. The highest BCUT2D eigenvalue weighted by atomic mass is 32.1. The maximum Gasteiger partial charge on any atom is 0.184 e. The highest BCUT2D eigenvalue weighted by Crippen LogP contribution is 2.06. The molecule has 70 valence electrons. The van der Waals surface area contributed by atoms with Gasteiger partial charge in [-0.15, -0.1) is 0 Å². The first-order valence-electron chi connectivity index (χ1n) is 4.08. The second-order valence-corrected chi connectivity index (χ2v) is 3.76. The summed E-state index contributed by atoms with van der Waals surface area (Å²) in [7, 11) is 0. The molecule has 0 aliphatic carbocycles. The summed E-state index contributed by atoms with van der Waals surface area (Å²) in [6, 6.07) is 0. The fourth-order valence-electron chi connectivity index (χ4n) is 1.04. The molecular weight excluding hydrogens is 170 g/mol. The Bertz CT molecular complexity index is 175. The summed E-state index contributed by atoms with van der Waals surface area (Å²) in [4.78, 5) is 0. The van der Waals surface area contributed by atoms with Crippen molar-refractivity contribution in [2.24, 2.45) is 22.7 Å². The Morgan fingerprint density at radius 3 is 1.92 bits per heavy atom. The maximum absolute atomic E-state index is 5.25. The van der Waals surface area contributed by atoms with Crippen LogP contribution in [0.3, 0.4) is 0 Å².